The first kappa shape index (κ1) is 14.0. The minimum absolute atomic E-state index is 0.188. The largest absolute Gasteiger partial charge is 0.492 e. The molecule has 1 atom stereocenters. The van der Waals surface area contributed by atoms with E-state index in [0.29, 0.717) is 6.61 Å². The second-order valence-electron chi connectivity index (χ2n) is 4.35. The quantitative estimate of drug-likeness (QED) is 0.762. The molecule has 96 valence electrons. The monoisotopic (exact) mass is 237 g/mol. The lowest BCUT2D eigenvalue weighted by atomic mass is 10.1. The molecule has 1 rings (SSSR count). The van der Waals surface area contributed by atoms with Gasteiger partial charge < -0.3 is 15.2 Å². The summed E-state index contributed by atoms with van der Waals surface area (Å²) in [5.74, 6) is 0.936. The fourth-order valence-electron chi connectivity index (χ4n) is 1.74. The Morgan fingerprint density at radius 3 is 2.76 bits per heavy atom. The van der Waals surface area contributed by atoms with E-state index in [1.54, 1.807) is 0 Å². The Bertz CT molecular complexity index is 333. The van der Waals surface area contributed by atoms with E-state index in [2.05, 4.69) is 37.4 Å². The Hall–Kier alpha value is -1.06. The highest BCUT2D eigenvalue weighted by atomic mass is 16.5. The summed E-state index contributed by atoms with van der Waals surface area (Å²) >= 11 is 0. The van der Waals surface area contributed by atoms with Gasteiger partial charge in [0, 0.05) is 12.6 Å². The van der Waals surface area contributed by atoms with E-state index in [0.717, 1.165) is 24.3 Å². The van der Waals surface area contributed by atoms with Gasteiger partial charge in [-0.15, -0.1) is 0 Å². The van der Waals surface area contributed by atoms with Crippen LogP contribution in [0.25, 0.3) is 0 Å². The molecule has 0 aliphatic rings. The molecule has 1 aromatic carbocycles. The number of benzene rings is 1. The van der Waals surface area contributed by atoms with Crippen LogP contribution in [0.4, 0.5) is 0 Å². The number of hydrogen-bond acceptors (Lipinski definition) is 3. The molecular weight excluding hydrogens is 214 g/mol. The number of aliphatic hydroxyl groups is 1. The van der Waals surface area contributed by atoms with E-state index < -0.39 is 0 Å². The third-order valence-electron chi connectivity index (χ3n) is 2.75. The molecule has 3 heteroatoms. The van der Waals surface area contributed by atoms with Gasteiger partial charge in [0.25, 0.3) is 0 Å². The molecule has 0 bridgehead atoms. The first-order valence-electron chi connectivity index (χ1n) is 6.21. The molecule has 2 N–H and O–H groups in total. The minimum Gasteiger partial charge on any atom is -0.492 e. The van der Waals surface area contributed by atoms with E-state index in [1.807, 2.05) is 6.92 Å². The molecule has 0 spiro atoms. The van der Waals surface area contributed by atoms with Gasteiger partial charge in [-0.25, -0.2) is 0 Å². The van der Waals surface area contributed by atoms with Crippen molar-refractivity contribution in [1.29, 1.82) is 0 Å². The average molecular weight is 237 g/mol. The van der Waals surface area contributed by atoms with Crippen LogP contribution in [0.1, 0.15) is 24.5 Å². The predicted molar refractivity (Wildman–Crippen MR) is 70.6 cm³/mol. The molecule has 0 radical (unpaired) electrons. The maximum Gasteiger partial charge on any atom is 0.122 e. The summed E-state index contributed by atoms with van der Waals surface area (Å²) in [6.07, 6.45) is 0.721. The van der Waals surface area contributed by atoms with E-state index in [1.165, 1.54) is 5.56 Å². The summed E-state index contributed by atoms with van der Waals surface area (Å²) < 4.78 is 5.81. The molecule has 1 unspecified atom stereocenters. The first-order chi connectivity index (χ1) is 8.17. The molecular formula is C14H23NO2. The maximum atomic E-state index is 8.96. The van der Waals surface area contributed by atoms with Gasteiger partial charge in [0.15, 0.2) is 0 Å². The number of ether oxygens (including phenoxy) is 1. The van der Waals surface area contributed by atoms with E-state index >= 15 is 0 Å². The van der Waals surface area contributed by atoms with Crippen LogP contribution in [0.15, 0.2) is 18.2 Å². The van der Waals surface area contributed by atoms with Crippen molar-refractivity contribution in [2.75, 3.05) is 19.8 Å². The molecule has 0 fully saturated rings. The average Bonchev–Trinajstić information content (AvgIpc) is 2.30. The highest BCUT2D eigenvalue weighted by Crippen LogP contribution is 2.19. The fourth-order valence-corrected chi connectivity index (χ4v) is 1.74. The third kappa shape index (κ3) is 4.75. The number of nitrogens with one attached hydrogen (secondary N) is 1. The van der Waals surface area contributed by atoms with Crippen molar-refractivity contribution in [3.05, 3.63) is 29.3 Å². The smallest absolute Gasteiger partial charge is 0.122 e. The van der Waals surface area contributed by atoms with Crippen LogP contribution in [0, 0.1) is 13.8 Å². The van der Waals surface area contributed by atoms with E-state index in [-0.39, 0.29) is 12.6 Å². The first-order valence-corrected chi connectivity index (χ1v) is 6.21. The van der Waals surface area contributed by atoms with E-state index in [4.69, 9.17) is 9.84 Å². The Kier molecular flexibility index (Phi) is 6.01. The van der Waals surface area contributed by atoms with Crippen molar-refractivity contribution in [1.82, 2.24) is 5.32 Å². The summed E-state index contributed by atoms with van der Waals surface area (Å²) in [6, 6.07) is 6.42. The van der Waals surface area contributed by atoms with Crippen LogP contribution in [-0.2, 0) is 0 Å². The van der Waals surface area contributed by atoms with Gasteiger partial charge in [0.1, 0.15) is 12.4 Å². The molecule has 0 amide bonds. The van der Waals surface area contributed by atoms with Crippen LogP contribution in [0.3, 0.4) is 0 Å². The predicted octanol–water partition coefficient (Wildman–Crippen LogP) is 2.04. The molecule has 0 aliphatic carbocycles. The standard InChI is InChI=1S/C14H23NO2/c1-4-15-13(7-8-16)10-17-14-9-11(2)5-6-12(14)3/h5-6,9,13,15-16H,4,7-8,10H2,1-3H3. The van der Waals surface area contributed by atoms with Gasteiger partial charge in [-0.3, -0.25) is 0 Å². The van der Waals surface area contributed by atoms with Crippen molar-refractivity contribution in [2.24, 2.45) is 0 Å². The Morgan fingerprint density at radius 2 is 2.12 bits per heavy atom. The van der Waals surface area contributed by atoms with Crippen molar-refractivity contribution >= 4 is 0 Å². The maximum absolute atomic E-state index is 8.96. The van der Waals surface area contributed by atoms with Crippen LogP contribution >= 0.6 is 0 Å². The van der Waals surface area contributed by atoms with Gasteiger partial charge in [-0.1, -0.05) is 19.1 Å². The Labute approximate surface area is 104 Å². The number of hydrogen-bond donors (Lipinski definition) is 2. The van der Waals surface area contributed by atoms with E-state index in [9.17, 15) is 0 Å². The van der Waals surface area contributed by atoms with Gasteiger partial charge in [-0.2, -0.15) is 0 Å². The van der Waals surface area contributed by atoms with Gasteiger partial charge in [0.2, 0.25) is 0 Å². The molecule has 17 heavy (non-hydrogen) atoms. The highest BCUT2D eigenvalue weighted by molar-refractivity contribution is 5.35. The summed E-state index contributed by atoms with van der Waals surface area (Å²) in [5, 5.41) is 12.3. The van der Waals surface area contributed by atoms with Crippen LogP contribution in [0.5, 0.6) is 5.75 Å². The summed E-state index contributed by atoms with van der Waals surface area (Å²) in [5.41, 5.74) is 2.35. The normalized spacial score (nSPS) is 12.5. The zero-order valence-corrected chi connectivity index (χ0v) is 11.0. The summed E-state index contributed by atoms with van der Waals surface area (Å²) in [6.45, 7) is 7.83. The molecule has 1 aromatic rings. The van der Waals surface area contributed by atoms with Crippen LogP contribution in [0.2, 0.25) is 0 Å². The molecule has 0 heterocycles. The third-order valence-corrected chi connectivity index (χ3v) is 2.75. The minimum atomic E-state index is 0.188. The lowest BCUT2D eigenvalue weighted by Gasteiger charge is -2.18. The second kappa shape index (κ2) is 7.30. The Morgan fingerprint density at radius 1 is 1.35 bits per heavy atom. The number of aryl methyl sites for hydroxylation is 2. The lowest BCUT2D eigenvalue weighted by molar-refractivity contribution is 0.214. The lowest BCUT2D eigenvalue weighted by Crippen LogP contribution is -2.35. The van der Waals surface area contributed by atoms with Gasteiger partial charge in [0.05, 0.1) is 0 Å². The van der Waals surface area contributed by atoms with Crippen molar-refractivity contribution in [3.8, 4) is 5.75 Å². The zero-order chi connectivity index (χ0) is 12.7. The van der Waals surface area contributed by atoms with Crippen LogP contribution in [-0.4, -0.2) is 30.9 Å². The van der Waals surface area contributed by atoms with Gasteiger partial charge in [-0.05, 0) is 44.0 Å². The Balaban J connectivity index is 2.55. The molecule has 0 aromatic heterocycles. The second-order valence-corrected chi connectivity index (χ2v) is 4.35. The van der Waals surface area contributed by atoms with Crippen molar-refractivity contribution in [2.45, 2.75) is 33.2 Å². The van der Waals surface area contributed by atoms with Crippen LogP contribution < -0.4 is 10.1 Å². The number of likely N-dealkylation sites (N-methyl/N-ethyl adjacent to an activating group) is 1. The van der Waals surface area contributed by atoms with Crippen molar-refractivity contribution in [3.63, 3.8) is 0 Å². The SMILES string of the molecule is CCNC(CCO)COc1cc(C)ccc1C. The topological polar surface area (TPSA) is 41.5 Å². The van der Waals surface area contributed by atoms with Crippen molar-refractivity contribution < 1.29 is 9.84 Å². The molecule has 3 nitrogen and oxygen atoms in total. The molecule has 0 saturated heterocycles. The summed E-state index contributed by atoms with van der Waals surface area (Å²) in [4.78, 5) is 0. The fraction of sp³-hybridized carbons (Fsp3) is 0.571. The summed E-state index contributed by atoms with van der Waals surface area (Å²) in [7, 11) is 0. The number of aliphatic hydroxyl groups excluding tert-OH is 1. The highest BCUT2D eigenvalue weighted by Gasteiger charge is 2.08. The van der Waals surface area contributed by atoms with Gasteiger partial charge >= 0.3 is 0 Å². The zero-order valence-electron chi connectivity index (χ0n) is 11.0. The molecule has 0 aliphatic heterocycles. The molecule has 0 saturated carbocycles. The number of rotatable bonds is 7.